The predicted molar refractivity (Wildman–Crippen MR) is 108 cm³/mol. The van der Waals surface area contributed by atoms with Gasteiger partial charge in [0.2, 0.25) is 0 Å². The van der Waals surface area contributed by atoms with Gasteiger partial charge in [-0.25, -0.2) is 0 Å². The number of thioether (sulfide) groups is 1. The van der Waals surface area contributed by atoms with Gasteiger partial charge in [0.15, 0.2) is 0 Å². The second-order valence-electron chi connectivity index (χ2n) is 7.28. The quantitative estimate of drug-likeness (QED) is 0.782. The van der Waals surface area contributed by atoms with E-state index in [4.69, 9.17) is 0 Å². The Morgan fingerprint density at radius 3 is 2.46 bits per heavy atom. The van der Waals surface area contributed by atoms with Gasteiger partial charge in [-0.3, -0.25) is 4.79 Å². The number of aryl methyl sites for hydroxylation is 1. The third-order valence-corrected chi connectivity index (χ3v) is 6.73. The minimum Gasteiger partial charge on any atom is -0.321 e. The molecule has 2 aromatic carbocycles. The number of hydrogen-bond donors (Lipinski definition) is 0. The Labute approximate surface area is 160 Å². The summed E-state index contributed by atoms with van der Waals surface area (Å²) in [7, 11) is 0. The highest BCUT2D eigenvalue weighted by molar-refractivity contribution is 7.99. The first-order valence-corrected chi connectivity index (χ1v) is 10.5. The van der Waals surface area contributed by atoms with Crippen LogP contribution >= 0.6 is 11.8 Å². The first-order chi connectivity index (χ1) is 12.7. The first-order valence-electron chi connectivity index (χ1n) is 9.58. The van der Waals surface area contributed by atoms with Crippen LogP contribution in [0.15, 0.2) is 53.4 Å². The highest BCUT2D eigenvalue weighted by Gasteiger charge is 2.33. The molecule has 2 aromatic rings. The van der Waals surface area contributed by atoms with E-state index in [1.807, 2.05) is 18.2 Å². The van der Waals surface area contributed by atoms with Gasteiger partial charge >= 0.3 is 0 Å². The van der Waals surface area contributed by atoms with Crippen LogP contribution in [-0.4, -0.2) is 41.9 Å². The van der Waals surface area contributed by atoms with Crippen LogP contribution in [-0.2, 0) is 0 Å². The molecule has 2 heterocycles. The van der Waals surface area contributed by atoms with Crippen LogP contribution in [0.1, 0.15) is 46.1 Å². The molecule has 4 rings (SSSR count). The molecule has 3 nitrogen and oxygen atoms in total. The van der Waals surface area contributed by atoms with E-state index < -0.39 is 0 Å². The van der Waals surface area contributed by atoms with Crippen LogP contribution in [0.2, 0.25) is 0 Å². The van der Waals surface area contributed by atoms with E-state index in [9.17, 15) is 4.79 Å². The van der Waals surface area contributed by atoms with Crippen molar-refractivity contribution in [1.82, 2.24) is 9.80 Å². The van der Waals surface area contributed by atoms with Crippen molar-refractivity contribution in [3.8, 4) is 0 Å². The molecule has 1 fully saturated rings. The van der Waals surface area contributed by atoms with E-state index in [1.54, 1.807) is 11.8 Å². The molecule has 2 aliphatic heterocycles. The number of amides is 1. The lowest BCUT2D eigenvalue weighted by Gasteiger charge is -2.38. The zero-order valence-corrected chi connectivity index (χ0v) is 16.2. The third kappa shape index (κ3) is 3.67. The molecule has 1 saturated heterocycles. The van der Waals surface area contributed by atoms with E-state index in [0.717, 1.165) is 23.5 Å². The van der Waals surface area contributed by atoms with Crippen LogP contribution in [0.3, 0.4) is 0 Å². The molecule has 26 heavy (non-hydrogen) atoms. The second-order valence-corrected chi connectivity index (χ2v) is 8.40. The van der Waals surface area contributed by atoms with Crippen molar-refractivity contribution in [1.29, 1.82) is 0 Å². The molecule has 1 amide bonds. The molecular formula is C22H26N2OS. The lowest BCUT2D eigenvalue weighted by atomic mass is 10.1. The SMILES string of the molecule is Cc1ccc(C2Sc3ccccc3C(=O)N2CCN2CCCCC2)cc1. The number of hydrogen-bond acceptors (Lipinski definition) is 3. The standard InChI is InChI=1S/C22H26N2OS/c1-17-9-11-18(12-10-17)22-24(16-15-23-13-5-2-6-14-23)21(25)19-7-3-4-8-20(19)26-22/h3-4,7-12,22H,2,5-6,13-16H2,1H3. The van der Waals surface area contributed by atoms with Crippen LogP contribution < -0.4 is 0 Å². The van der Waals surface area contributed by atoms with E-state index in [0.29, 0.717) is 0 Å². The topological polar surface area (TPSA) is 23.6 Å². The molecule has 1 atom stereocenters. The Kier molecular flexibility index (Phi) is 5.32. The average Bonchev–Trinajstić information content (AvgIpc) is 2.69. The number of carbonyl (C=O) groups excluding carboxylic acids is 1. The third-order valence-electron chi connectivity index (χ3n) is 5.37. The molecule has 0 N–H and O–H groups in total. The average molecular weight is 367 g/mol. The largest absolute Gasteiger partial charge is 0.321 e. The van der Waals surface area contributed by atoms with Crippen molar-refractivity contribution in [2.45, 2.75) is 36.5 Å². The maximum absolute atomic E-state index is 13.2. The van der Waals surface area contributed by atoms with E-state index >= 15 is 0 Å². The fourth-order valence-electron chi connectivity index (χ4n) is 3.82. The number of nitrogens with zero attached hydrogens (tertiary/aromatic N) is 2. The summed E-state index contributed by atoms with van der Waals surface area (Å²) in [5.74, 6) is 0.168. The molecule has 0 radical (unpaired) electrons. The van der Waals surface area contributed by atoms with Crippen molar-refractivity contribution >= 4 is 17.7 Å². The van der Waals surface area contributed by atoms with Gasteiger partial charge in [0, 0.05) is 18.0 Å². The fraction of sp³-hybridized carbons (Fsp3) is 0.409. The van der Waals surface area contributed by atoms with Crippen LogP contribution in [0.4, 0.5) is 0 Å². The van der Waals surface area contributed by atoms with Gasteiger partial charge in [0.25, 0.3) is 5.91 Å². The minimum atomic E-state index is 0.0581. The highest BCUT2D eigenvalue weighted by atomic mass is 32.2. The lowest BCUT2D eigenvalue weighted by molar-refractivity contribution is 0.0697. The van der Waals surface area contributed by atoms with E-state index in [1.165, 1.54) is 43.5 Å². The summed E-state index contributed by atoms with van der Waals surface area (Å²) in [5, 5.41) is 0.0581. The normalized spacial score (nSPS) is 20.9. The zero-order chi connectivity index (χ0) is 17.9. The highest BCUT2D eigenvalue weighted by Crippen LogP contribution is 2.44. The van der Waals surface area contributed by atoms with Gasteiger partial charge in [0.1, 0.15) is 5.37 Å². The molecule has 0 spiro atoms. The second kappa shape index (κ2) is 7.85. The number of rotatable bonds is 4. The van der Waals surface area contributed by atoms with Crippen LogP contribution in [0.25, 0.3) is 0 Å². The molecule has 2 aliphatic rings. The van der Waals surface area contributed by atoms with Gasteiger partial charge < -0.3 is 9.80 Å². The van der Waals surface area contributed by atoms with Gasteiger partial charge in [-0.2, -0.15) is 0 Å². The Hall–Kier alpha value is -1.78. The maximum atomic E-state index is 13.2. The van der Waals surface area contributed by atoms with Crippen molar-refractivity contribution in [3.63, 3.8) is 0 Å². The molecule has 136 valence electrons. The Morgan fingerprint density at radius 2 is 1.69 bits per heavy atom. The summed E-state index contributed by atoms with van der Waals surface area (Å²) < 4.78 is 0. The van der Waals surface area contributed by atoms with Crippen LogP contribution in [0, 0.1) is 6.92 Å². The number of likely N-dealkylation sites (tertiary alicyclic amines) is 1. The van der Waals surface area contributed by atoms with E-state index in [-0.39, 0.29) is 11.3 Å². The number of carbonyl (C=O) groups is 1. The summed E-state index contributed by atoms with van der Waals surface area (Å²) in [5.41, 5.74) is 3.31. The van der Waals surface area contributed by atoms with Crippen molar-refractivity contribution < 1.29 is 4.79 Å². The zero-order valence-electron chi connectivity index (χ0n) is 15.4. The first kappa shape index (κ1) is 17.6. The van der Waals surface area contributed by atoms with Crippen molar-refractivity contribution in [3.05, 3.63) is 65.2 Å². The fourth-order valence-corrected chi connectivity index (χ4v) is 5.12. The maximum Gasteiger partial charge on any atom is 0.256 e. The smallest absolute Gasteiger partial charge is 0.256 e. The molecule has 0 bridgehead atoms. The van der Waals surface area contributed by atoms with Gasteiger partial charge in [0.05, 0.1) is 5.56 Å². The van der Waals surface area contributed by atoms with Crippen LogP contribution in [0.5, 0.6) is 0 Å². The molecule has 0 aromatic heterocycles. The summed E-state index contributed by atoms with van der Waals surface area (Å²) >= 11 is 1.80. The predicted octanol–water partition coefficient (Wildman–Crippen LogP) is 4.73. The minimum absolute atomic E-state index is 0.0581. The Bertz CT molecular complexity index is 768. The summed E-state index contributed by atoms with van der Waals surface area (Å²) in [6.07, 6.45) is 3.91. The van der Waals surface area contributed by atoms with Crippen molar-refractivity contribution in [2.24, 2.45) is 0 Å². The Morgan fingerprint density at radius 1 is 0.962 bits per heavy atom. The summed E-state index contributed by atoms with van der Waals surface area (Å²) in [6, 6.07) is 16.6. The Balaban J connectivity index is 1.60. The molecule has 0 saturated carbocycles. The van der Waals surface area contributed by atoms with Crippen molar-refractivity contribution in [2.75, 3.05) is 26.2 Å². The summed E-state index contributed by atoms with van der Waals surface area (Å²) in [4.78, 5) is 18.9. The molecule has 0 aliphatic carbocycles. The number of piperidine rings is 1. The van der Waals surface area contributed by atoms with Gasteiger partial charge in [-0.15, -0.1) is 0 Å². The number of benzene rings is 2. The summed E-state index contributed by atoms with van der Waals surface area (Å²) in [6.45, 7) is 6.20. The van der Waals surface area contributed by atoms with Gasteiger partial charge in [-0.1, -0.05) is 60.1 Å². The monoisotopic (exact) mass is 366 g/mol. The molecule has 1 unspecified atom stereocenters. The number of fused-ring (bicyclic) bond motifs is 1. The lowest BCUT2D eigenvalue weighted by Crippen LogP contribution is -2.43. The van der Waals surface area contributed by atoms with E-state index in [2.05, 4.69) is 47.1 Å². The molecule has 4 heteroatoms. The van der Waals surface area contributed by atoms with Gasteiger partial charge in [-0.05, 0) is 50.6 Å². The molecular weight excluding hydrogens is 340 g/mol.